The molecule has 0 radical (unpaired) electrons. The zero-order valence-corrected chi connectivity index (χ0v) is 21.9. The van der Waals surface area contributed by atoms with Gasteiger partial charge in [0.25, 0.3) is 0 Å². The molecule has 192 valence electrons. The van der Waals surface area contributed by atoms with Crippen molar-refractivity contribution in [2.24, 2.45) is 0 Å². The summed E-state index contributed by atoms with van der Waals surface area (Å²) in [4.78, 5) is 30.8. The van der Waals surface area contributed by atoms with E-state index in [0.29, 0.717) is 50.2 Å². The lowest BCUT2D eigenvalue weighted by atomic mass is 9.79. The van der Waals surface area contributed by atoms with Crippen molar-refractivity contribution in [1.82, 2.24) is 10.3 Å². The zero-order valence-electron chi connectivity index (χ0n) is 21.1. The van der Waals surface area contributed by atoms with Gasteiger partial charge in [0.15, 0.2) is 5.13 Å². The molecule has 37 heavy (non-hydrogen) atoms. The molecule has 1 aliphatic heterocycles. The van der Waals surface area contributed by atoms with Crippen molar-refractivity contribution in [3.05, 3.63) is 87.8 Å². The van der Waals surface area contributed by atoms with E-state index < -0.39 is 17.9 Å². The Morgan fingerprint density at radius 2 is 1.57 bits per heavy atom. The summed E-state index contributed by atoms with van der Waals surface area (Å²) in [7, 11) is 0. The van der Waals surface area contributed by atoms with E-state index in [4.69, 9.17) is 9.47 Å². The van der Waals surface area contributed by atoms with E-state index in [-0.39, 0.29) is 19.0 Å². The van der Waals surface area contributed by atoms with Gasteiger partial charge < -0.3 is 20.1 Å². The third-order valence-electron chi connectivity index (χ3n) is 5.92. The van der Waals surface area contributed by atoms with Crippen LogP contribution in [0.3, 0.4) is 0 Å². The van der Waals surface area contributed by atoms with Crippen LogP contribution in [0.1, 0.15) is 39.2 Å². The van der Waals surface area contributed by atoms with Crippen LogP contribution in [0.5, 0.6) is 0 Å². The average molecular weight is 522 g/mol. The number of nitrogens with one attached hydrogen (secondary N) is 2. The second-order valence-corrected chi connectivity index (χ2v) is 9.16. The minimum atomic E-state index is -0.742. The lowest BCUT2D eigenvalue weighted by molar-refractivity contribution is -0.139. The third kappa shape index (κ3) is 5.41. The number of ether oxygens (including phenoxy) is 2. The number of esters is 2. The van der Waals surface area contributed by atoms with Crippen molar-refractivity contribution >= 4 is 34.1 Å². The fourth-order valence-corrected chi connectivity index (χ4v) is 5.09. The Kier molecular flexibility index (Phi) is 8.03. The van der Waals surface area contributed by atoms with E-state index in [1.807, 2.05) is 24.3 Å². The highest BCUT2D eigenvalue weighted by atomic mass is 32.1. The molecule has 0 aliphatic carbocycles. The number of carbonyl (C=O) groups is 2. The van der Waals surface area contributed by atoms with Gasteiger partial charge in [0.2, 0.25) is 0 Å². The number of dihydropyridines is 1. The molecule has 0 saturated heterocycles. The van der Waals surface area contributed by atoms with Gasteiger partial charge >= 0.3 is 11.9 Å². The summed E-state index contributed by atoms with van der Waals surface area (Å²) in [6, 6.07) is 13.8. The number of rotatable bonds is 8. The van der Waals surface area contributed by atoms with Gasteiger partial charge in [-0.25, -0.2) is 19.0 Å². The molecule has 2 N–H and O–H groups in total. The molecule has 0 saturated carbocycles. The number of nitrogens with zero attached hydrogens (tertiary/aromatic N) is 1. The highest BCUT2D eigenvalue weighted by Gasteiger charge is 2.39. The van der Waals surface area contributed by atoms with Crippen molar-refractivity contribution in [3.8, 4) is 11.3 Å². The molecule has 0 atom stereocenters. The van der Waals surface area contributed by atoms with Crippen molar-refractivity contribution in [2.45, 2.75) is 33.6 Å². The topological polar surface area (TPSA) is 89.5 Å². The number of aromatic nitrogens is 1. The fourth-order valence-electron chi connectivity index (χ4n) is 4.37. The molecule has 9 heteroatoms. The average Bonchev–Trinajstić information content (AvgIpc) is 3.32. The Hall–Kier alpha value is -3.98. The summed E-state index contributed by atoms with van der Waals surface area (Å²) in [6.45, 7) is 7.41. The summed E-state index contributed by atoms with van der Waals surface area (Å²) < 4.78 is 25.0. The number of para-hydroxylation sites is 1. The van der Waals surface area contributed by atoms with Crippen LogP contribution in [0.25, 0.3) is 11.3 Å². The van der Waals surface area contributed by atoms with E-state index in [1.54, 1.807) is 51.3 Å². The van der Waals surface area contributed by atoms with E-state index in [2.05, 4.69) is 15.6 Å². The zero-order chi connectivity index (χ0) is 26.5. The number of hydrogen-bond donors (Lipinski definition) is 2. The largest absolute Gasteiger partial charge is 0.463 e. The second-order valence-electron chi connectivity index (χ2n) is 8.31. The SMILES string of the molecule is CCOC(=O)C1=C(C)NC(C)=C(C(=O)OCC)C1c1ccccc1Nc1nc(-c2ccccc2F)cs1. The summed E-state index contributed by atoms with van der Waals surface area (Å²) in [5, 5.41) is 8.76. The molecule has 3 aromatic rings. The van der Waals surface area contributed by atoms with E-state index in [1.165, 1.54) is 17.4 Å². The van der Waals surface area contributed by atoms with Crippen molar-refractivity contribution in [2.75, 3.05) is 18.5 Å². The van der Waals surface area contributed by atoms with Gasteiger partial charge in [0, 0.05) is 28.0 Å². The first-order valence-corrected chi connectivity index (χ1v) is 12.8. The first-order valence-electron chi connectivity index (χ1n) is 11.9. The summed E-state index contributed by atoms with van der Waals surface area (Å²) >= 11 is 1.33. The lowest BCUT2D eigenvalue weighted by Crippen LogP contribution is -2.32. The van der Waals surface area contributed by atoms with Gasteiger partial charge in [-0.1, -0.05) is 30.3 Å². The summed E-state index contributed by atoms with van der Waals surface area (Å²) in [5.41, 5.74) is 4.09. The van der Waals surface area contributed by atoms with Gasteiger partial charge in [-0.3, -0.25) is 0 Å². The molecule has 0 amide bonds. The predicted octanol–water partition coefficient (Wildman–Crippen LogP) is 6.05. The van der Waals surface area contributed by atoms with Crippen LogP contribution in [-0.2, 0) is 19.1 Å². The highest BCUT2D eigenvalue weighted by Crippen LogP contribution is 2.43. The maximum Gasteiger partial charge on any atom is 0.336 e. The molecule has 0 bridgehead atoms. The minimum Gasteiger partial charge on any atom is -0.463 e. The van der Waals surface area contributed by atoms with Gasteiger partial charge in [-0.2, -0.15) is 0 Å². The van der Waals surface area contributed by atoms with Crippen LogP contribution in [0, 0.1) is 5.82 Å². The summed E-state index contributed by atoms with van der Waals surface area (Å²) in [6.07, 6.45) is 0. The molecule has 1 aliphatic rings. The number of benzene rings is 2. The van der Waals surface area contributed by atoms with Gasteiger partial charge in [0.1, 0.15) is 5.82 Å². The molecular weight excluding hydrogens is 493 g/mol. The lowest BCUT2D eigenvalue weighted by Gasteiger charge is -2.31. The van der Waals surface area contributed by atoms with Crippen LogP contribution >= 0.6 is 11.3 Å². The fraction of sp³-hybridized carbons (Fsp3) is 0.250. The molecule has 7 nitrogen and oxygen atoms in total. The van der Waals surface area contributed by atoms with E-state index >= 15 is 0 Å². The van der Waals surface area contributed by atoms with Crippen molar-refractivity contribution < 1.29 is 23.5 Å². The predicted molar refractivity (Wildman–Crippen MR) is 142 cm³/mol. The number of allylic oxidation sites excluding steroid dienone is 2. The van der Waals surface area contributed by atoms with Crippen LogP contribution < -0.4 is 10.6 Å². The quantitative estimate of drug-likeness (QED) is 0.349. The Bertz CT molecular complexity index is 1360. The van der Waals surface area contributed by atoms with Gasteiger partial charge in [-0.15, -0.1) is 11.3 Å². The van der Waals surface area contributed by atoms with E-state index in [9.17, 15) is 14.0 Å². The maximum atomic E-state index is 14.3. The maximum absolute atomic E-state index is 14.3. The van der Waals surface area contributed by atoms with Crippen molar-refractivity contribution in [1.29, 1.82) is 0 Å². The van der Waals surface area contributed by atoms with Gasteiger partial charge in [0.05, 0.1) is 36.0 Å². The summed E-state index contributed by atoms with van der Waals surface area (Å²) in [5.74, 6) is -2.13. The van der Waals surface area contributed by atoms with Crippen LogP contribution in [0.2, 0.25) is 0 Å². The normalized spacial score (nSPS) is 13.9. The Morgan fingerprint density at radius 3 is 2.19 bits per heavy atom. The van der Waals surface area contributed by atoms with Gasteiger partial charge in [-0.05, 0) is 51.5 Å². The molecule has 4 rings (SSSR count). The first kappa shape index (κ1) is 26.1. The first-order chi connectivity index (χ1) is 17.8. The Balaban J connectivity index is 1.79. The number of carbonyl (C=O) groups excluding carboxylic acids is 2. The third-order valence-corrected chi connectivity index (χ3v) is 6.68. The number of halogens is 1. The minimum absolute atomic E-state index is 0.192. The highest BCUT2D eigenvalue weighted by molar-refractivity contribution is 7.14. The molecular formula is C28H28FN3O4S. The van der Waals surface area contributed by atoms with Crippen LogP contribution in [0.4, 0.5) is 15.2 Å². The van der Waals surface area contributed by atoms with E-state index in [0.717, 1.165) is 0 Å². The monoisotopic (exact) mass is 521 g/mol. The standard InChI is InChI=1S/C28H28FN3O4S/c1-5-35-26(33)23-16(3)30-17(4)24(27(34)36-6-2)25(23)19-12-8-10-14-21(19)31-28-32-22(15-37-28)18-11-7-9-13-20(18)29/h7-15,25,30H,5-6H2,1-4H3,(H,31,32). The van der Waals surface area contributed by atoms with Crippen LogP contribution in [0.15, 0.2) is 76.5 Å². The molecule has 2 heterocycles. The van der Waals surface area contributed by atoms with Crippen LogP contribution in [-0.4, -0.2) is 30.1 Å². The molecule has 0 spiro atoms. The Morgan fingerprint density at radius 1 is 0.973 bits per heavy atom. The van der Waals surface area contributed by atoms with Crippen molar-refractivity contribution in [3.63, 3.8) is 0 Å². The number of thiazole rings is 1. The number of hydrogen-bond acceptors (Lipinski definition) is 8. The molecule has 0 unspecified atom stereocenters. The molecule has 0 fully saturated rings. The molecule has 2 aromatic carbocycles. The smallest absolute Gasteiger partial charge is 0.336 e. The Labute approximate surface area is 219 Å². The number of anilines is 2. The molecule has 1 aromatic heterocycles. The second kappa shape index (κ2) is 11.4.